The lowest BCUT2D eigenvalue weighted by Gasteiger charge is -2.14. The summed E-state index contributed by atoms with van der Waals surface area (Å²) in [5.74, 6) is 7.12. The molecule has 0 amide bonds. The molecule has 0 bridgehead atoms. The van der Waals surface area contributed by atoms with Crippen LogP contribution in [0.15, 0.2) is 33.6 Å². The zero-order valence-corrected chi connectivity index (χ0v) is 10.4. The molecule has 3 N–H and O–H groups in total. The predicted octanol–water partition coefficient (Wildman–Crippen LogP) is 1.81. The van der Waals surface area contributed by atoms with Gasteiger partial charge in [-0.3, -0.25) is 5.84 Å². The highest BCUT2D eigenvalue weighted by Crippen LogP contribution is 2.24. The molecular weight excluding hydrogens is 272 g/mol. The summed E-state index contributed by atoms with van der Waals surface area (Å²) in [6.45, 7) is 2.90. The number of hydrazine groups is 1. The molecule has 5 nitrogen and oxygen atoms in total. The largest absolute Gasteiger partial charge is 0.452 e. The molecule has 0 aromatic carbocycles. The van der Waals surface area contributed by atoms with Gasteiger partial charge in [-0.05, 0) is 35.0 Å². The maximum Gasteiger partial charge on any atom is 0.169 e. The third-order valence-corrected chi connectivity index (χ3v) is 2.82. The zero-order chi connectivity index (χ0) is 11.5. The van der Waals surface area contributed by atoms with Crippen LogP contribution in [-0.4, -0.2) is 9.55 Å². The summed E-state index contributed by atoms with van der Waals surface area (Å²) < 4.78 is 8.17. The second kappa shape index (κ2) is 4.82. The molecule has 2 rings (SSSR count). The van der Waals surface area contributed by atoms with Gasteiger partial charge in [-0.25, -0.2) is 10.4 Å². The maximum absolute atomic E-state index is 5.55. The Kier molecular flexibility index (Phi) is 3.42. The molecular formula is C10H13BrN4O. The van der Waals surface area contributed by atoms with Crippen molar-refractivity contribution in [1.29, 1.82) is 0 Å². The number of nitrogens with one attached hydrogen (secondary N) is 1. The van der Waals surface area contributed by atoms with Gasteiger partial charge in [0.1, 0.15) is 17.6 Å². The highest BCUT2D eigenvalue weighted by atomic mass is 79.9. The molecule has 0 spiro atoms. The first-order valence-corrected chi connectivity index (χ1v) is 5.78. The van der Waals surface area contributed by atoms with E-state index in [1.165, 1.54) is 0 Å². The monoisotopic (exact) mass is 284 g/mol. The van der Waals surface area contributed by atoms with Crippen molar-refractivity contribution in [2.24, 2.45) is 5.84 Å². The fraction of sp³-hybridized carbons (Fsp3) is 0.300. The molecule has 0 fully saturated rings. The molecule has 86 valence electrons. The van der Waals surface area contributed by atoms with Crippen LogP contribution in [0.1, 0.15) is 24.6 Å². The first-order valence-electron chi connectivity index (χ1n) is 4.98. The molecule has 0 saturated heterocycles. The predicted molar refractivity (Wildman–Crippen MR) is 63.5 cm³/mol. The number of aromatic nitrogens is 2. The van der Waals surface area contributed by atoms with Gasteiger partial charge in [0.15, 0.2) is 4.67 Å². The van der Waals surface area contributed by atoms with Crippen LogP contribution in [-0.2, 0) is 6.54 Å². The normalized spacial score (nSPS) is 12.9. The Morgan fingerprint density at radius 3 is 3.00 bits per heavy atom. The molecule has 0 aliphatic heterocycles. The van der Waals surface area contributed by atoms with Crippen molar-refractivity contribution in [3.8, 4) is 0 Å². The molecule has 1 unspecified atom stereocenters. The van der Waals surface area contributed by atoms with E-state index < -0.39 is 0 Å². The van der Waals surface area contributed by atoms with Gasteiger partial charge in [-0.15, -0.1) is 0 Å². The van der Waals surface area contributed by atoms with Crippen LogP contribution < -0.4 is 11.3 Å². The number of aryl methyl sites for hydroxylation is 1. The molecule has 0 radical (unpaired) electrons. The standard InChI is InChI=1S/C10H13BrN4O/c1-2-15-6-5-13-10(15)9(14-12)7-3-4-8(11)16-7/h3-6,9,14H,2,12H2,1H3. The Hall–Kier alpha value is -1.11. The number of hydrogen-bond donors (Lipinski definition) is 2. The van der Waals surface area contributed by atoms with Gasteiger partial charge in [-0.1, -0.05) is 0 Å². The Balaban J connectivity index is 2.36. The molecule has 6 heteroatoms. The molecule has 2 heterocycles. The van der Waals surface area contributed by atoms with Crippen LogP contribution in [0.25, 0.3) is 0 Å². The Bertz CT molecular complexity index is 465. The third-order valence-electron chi connectivity index (χ3n) is 2.39. The Morgan fingerprint density at radius 2 is 2.44 bits per heavy atom. The first kappa shape index (κ1) is 11.4. The van der Waals surface area contributed by atoms with Crippen LogP contribution in [0.4, 0.5) is 0 Å². The maximum atomic E-state index is 5.55. The van der Waals surface area contributed by atoms with Gasteiger partial charge < -0.3 is 8.98 Å². The van der Waals surface area contributed by atoms with Gasteiger partial charge in [0.2, 0.25) is 0 Å². The summed E-state index contributed by atoms with van der Waals surface area (Å²) in [6, 6.07) is 3.46. The lowest BCUT2D eigenvalue weighted by Crippen LogP contribution is -2.30. The number of rotatable bonds is 4. The first-order chi connectivity index (χ1) is 7.76. The van der Waals surface area contributed by atoms with Gasteiger partial charge in [0, 0.05) is 18.9 Å². The quantitative estimate of drug-likeness (QED) is 0.664. The average molecular weight is 285 g/mol. The number of halogens is 1. The highest BCUT2D eigenvalue weighted by molar-refractivity contribution is 9.10. The van der Waals surface area contributed by atoms with Crippen molar-refractivity contribution in [2.45, 2.75) is 19.5 Å². The number of nitrogens with zero attached hydrogens (tertiary/aromatic N) is 2. The van der Waals surface area contributed by atoms with Gasteiger partial charge in [0.25, 0.3) is 0 Å². The lowest BCUT2D eigenvalue weighted by atomic mass is 10.2. The van der Waals surface area contributed by atoms with Crippen molar-refractivity contribution in [1.82, 2.24) is 15.0 Å². The zero-order valence-electron chi connectivity index (χ0n) is 8.85. The fourth-order valence-electron chi connectivity index (χ4n) is 1.62. The van der Waals surface area contributed by atoms with Crippen molar-refractivity contribution < 1.29 is 4.42 Å². The van der Waals surface area contributed by atoms with E-state index in [0.717, 1.165) is 18.1 Å². The minimum absolute atomic E-state index is 0.235. The Morgan fingerprint density at radius 1 is 1.62 bits per heavy atom. The molecule has 0 aliphatic rings. The van der Waals surface area contributed by atoms with Crippen LogP contribution in [0.3, 0.4) is 0 Å². The lowest BCUT2D eigenvalue weighted by molar-refractivity contribution is 0.420. The smallest absolute Gasteiger partial charge is 0.169 e. The summed E-state index contributed by atoms with van der Waals surface area (Å²) in [6.07, 6.45) is 3.67. The van der Waals surface area contributed by atoms with Crippen molar-refractivity contribution in [3.63, 3.8) is 0 Å². The van der Waals surface area contributed by atoms with Crippen LogP contribution in [0.2, 0.25) is 0 Å². The van der Waals surface area contributed by atoms with E-state index in [2.05, 4.69) is 33.3 Å². The Labute approximate surface area is 102 Å². The summed E-state index contributed by atoms with van der Waals surface area (Å²) >= 11 is 3.27. The van der Waals surface area contributed by atoms with Crippen molar-refractivity contribution in [2.75, 3.05) is 0 Å². The number of imidazole rings is 1. The minimum Gasteiger partial charge on any atom is -0.452 e. The van der Waals surface area contributed by atoms with E-state index in [1.54, 1.807) is 6.20 Å². The minimum atomic E-state index is -0.235. The fourth-order valence-corrected chi connectivity index (χ4v) is 1.93. The van der Waals surface area contributed by atoms with Crippen LogP contribution in [0.5, 0.6) is 0 Å². The van der Waals surface area contributed by atoms with Gasteiger partial charge in [0.05, 0.1) is 0 Å². The van der Waals surface area contributed by atoms with E-state index in [0.29, 0.717) is 4.67 Å². The van der Waals surface area contributed by atoms with Crippen LogP contribution >= 0.6 is 15.9 Å². The average Bonchev–Trinajstić information content (AvgIpc) is 2.89. The van der Waals surface area contributed by atoms with E-state index in [4.69, 9.17) is 10.3 Å². The SMILES string of the molecule is CCn1ccnc1C(NN)c1ccc(Br)o1. The summed E-state index contributed by atoms with van der Waals surface area (Å²) in [4.78, 5) is 4.29. The van der Waals surface area contributed by atoms with Crippen molar-refractivity contribution >= 4 is 15.9 Å². The van der Waals surface area contributed by atoms with Gasteiger partial charge >= 0.3 is 0 Å². The van der Waals surface area contributed by atoms with Crippen molar-refractivity contribution in [3.05, 3.63) is 40.8 Å². The van der Waals surface area contributed by atoms with E-state index in [1.807, 2.05) is 22.9 Å². The summed E-state index contributed by atoms with van der Waals surface area (Å²) in [5, 5.41) is 0. The molecule has 0 saturated carbocycles. The molecule has 2 aromatic heterocycles. The number of nitrogens with two attached hydrogens (primary N) is 1. The number of furan rings is 1. The van der Waals surface area contributed by atoms with E-state index in [9.17, 15) is 0 Å². The summed E-state index contributed by atoms with van der Waals surface area (Å²) in [5.41, 5.74) is 2.71. The van der Waals surface area contributed by atoms with E-state index >= 15 is 0 Å². The van der Waals surface area contributed by atoms with Crippen LogP contribution in [0, 0.1) is 0 Å². The second-order valence-electron chi connectivity index (χ2n) is 3.31. The third kappa shape index (κ3) is 2.04. The van der Waals surface area contributed by atoms with E-state index in [-0.39, 0.29) is 6.04 Å². The molecule has 0 aliphatic carbocycles. The number of hydrogen-bond acceptors (Lipinski definition) is 4. The topological polar surface area (TPSA) is 69.0 Å². The van der Waals surface area contributed by atoms with Gasteiger partial charge in [-0.2, -0.15) is 0 Å². The highest BCUT2D eigenvalue weighted by Gasteiger charge is 2.20. The molecule has 2 aromatic rings. The summed E-state index contributed by atoms with van der Waals surface area (Å²) in [7, 11) is 0. The molecule has 1 atom stereocenters. The molecule has 16 heavy (non-hydrogen) atoms. The second-order valence-corrected chi connectivity index (χ2v) is 4.09.